The fraction of sp³-hybridized carbons (Fsp3) is 0.333. The molecule has 72 valence electrons. The Morgan fingerprint density at radius 1 is 1.38 bits per heavy atom. The van der Waals surface area contributed by atoms with Crippen LogP contribution in [0.25, 0.3) is 0 Å². The zero-order chi connectivity index (χ0) is 10.0. The second kappa shape index (κ2) is 3.70. The van der Waals surface area contributed by atoms with E-state index in [1.54, 1.807) is 0 Å². The van der Waals surface area contributed by atoms with Gasteiger partial charge in [0.2, 0.25) is 0 Å². The van der Waals surface area contributed by atoms with E-state index < -0.39 is 23.4 Å². The second-order valence-corrected chi connectivity index (χ2v) is 2.85. The molecule has 1 atom stereocenters. The number of phenols is 1. The Morgan fingerprint density at radius 3 is 2.23 bits per heavy atom. The first-order valence-electron chi connectivity index (χ1n) is 3.99. The number of hydrogen-bond donors (Lipinski definition) is 2. The molecule has 4 heteroatoms. The number of halogens is 2. The first-order valence-corrected chi connectivity index (χ1v) is 3.99. The first-order chi connectivity index (χ1) is 6.06. The molecule has 1 unspecified atom stereocenters. The molecule has 0 amide bonds. The highest BCUT2D eigenvalue weighted by molar-refractivity contribution is 5.31. The minimum absolute atomic E-state index is 0.357. The predicted octanol–water partition coefficient (Wildman–Crippen LogP) is 2.08. The van der Waals surface area contributed by atoms with Crippen molar-refractivity contribution in [3.8, 4) is 5.75 Å². The topological polar surface area (TPSA) is 46.2 Å². The lowest BCUT2D eigenvalue weighted by Gasteiger charge is -2.09. The summed E-state index contributed by atoms with van der Waals surface area (Å²) in [5, 5.41) is 8.79. The van der Waals surface area contributed by atoms with Crippen LogP contribution in [0.4, 0.5) is 8.78 Å². The summed E-state index contributed by atoms with van der Waals surface area (Å²) in [5.74, 6) is -2.90. The van der Waals surface area contributed by atoms with Crippen molar-refractivity contribution in [2.75, 3.05) is 0 Å². The van der Waals surface area contributed by atoms with Crippen molar-refractivity contribution >= 4 is 0 Å². The Labute approximate surface area is 75.0 Å². The average molecular weight is 187 g/mol. The quantitative estimate of drug-likeness (QED) is 0.744. The van der Waals surface area contributed by atoms with Gasteiger partial charge in [0.15, 0.2) is 17.4 Å². The van der Waals surface area contributed by atoms with E-state index in [1.807, 2.05) is 6.92 Å². The summed E-state index contributed by atoms with van der Waals surface area (Å²) in [6, 6.07) is 1.70. The number of aromatic hydroxyl groups is 1. The number of hydrogen-bond acceptors (Lipinski definition) is 2. The molecular weight excluding hydrogens is 176 g/mol. The highest BCUT2D eigenvalue weighted by atomic mass is 19.1. The fourth-order valence-corrected chi connectivity index (χ4v) is 1.03. The Balaban J connectivity index is 3.13. The molecule has 0 saturated heterocycles. The summed E-state index contributed by atoms with van der Waals surface area (Å²) < 4.78 is 25.6. The highest BCUT2D eigenvalue weighted by Gasteiger charge is 2.12. The maximum Gasteiger partial charge on any atom is 0.187 e. The summed E-state index contributed by atoms with van der Waals surface area (Å²) in [7, 11) is 0. The van der Waals surface area contributed by atoms with E-state index in [1.165, 1.54) is 0 Å². The van der Waals surface area contributed by atoms with E-state index in [2.05, 4.69) is 0 Å². The SMILES string of the molecule is CCC(N)c1cc(F)c(O)c(F)c1. The van der Waals surface area contributed by atoms with Crippen molar-refractivity contribution in [1.29, 1.82) is 0 Å². The standard InChI is InChI=1S/C9H11F2NO/c1-2-8(12)5-3-6(10)9(13)7(11)4-5/h3-4,8,13H,2,12H2,1H3. The van der Waals surface area contributed by atoms with Gasteiger partial charge >= 0.3 is 0 Å². The number of nitrogens with two attached hydrogens (primary N) is 1. The Kier molecular flexibility index (Phi) is 2.83. The highest BCUT2D eigenvalue weighted by Crippen LogP contribution is 2.24. The minimum atomic E-state index is -0.973. The number of rotatable bonds is 2. The molecular formula is C9H11F2NO. The molecule has 1 aromatic rings. The van der Waals surface area contributed by atoms with Gasteiger partial charge in [-0.3, -0.25) is 0 Å². The first kappa shape index (κ1) is 9.92. The lowest BCUT2D eigenvalue weighted by Crippen LogP contribution is -2.09. The predicted molar refractivity (Wildman–Crippen MR) is 45.2 cm³/mol. The summed E-state index contributed by atoms with van der Waals surface area (Å²) in [6.07, 6.45) is 0.587. The van der Waals surface area contributed by atoms with E-state index in [0.717, 1.165) is 12.1 Å². The summed E-state index contributed by atoms with van der Waals surface area (Å²) in [4.78, 5) is 0. The van der Waals surface area contributed by atoms with Crippen molar-refractivity contribution in [3.05, 3.63) is 29.3 Å². The van der Waals surface area contributed by atoms with Crippen LogP contribution in [0.3, 0.4) is 0 Å². The maximum atomic E-state index is 12.8. The van der Waals surface area contributed by atoms with Gasteiger partial charge in [0.05, 0.1) is 0 Å². The zero-order valence-corrected chi connectivity index (χ0v) is 7.22. The van der Waals surface area contributed by atoms with Crippen LogP contribution in [0.2, 0.25) is 0 Å². The molecule has 2 nitrogen and oxygen atoms in total. The molecule has 3 N–H and O–H groups in total. The minimum Gasteiger partial charge on any atom is -0.503 e. The van der Waals surface area contributed by atoms with E-state index in [9.17, 15) is 8.78 Å². The third kappa shape index (κ3) is 1.95. The van der Waals surface area contributed by atoms with Crippen LogP contribution in [0, 0.1) is 11.6 Å². The van der Waals surface area contributed by atoms with Crippen LogP contribution < -0.4 is 5.73 Å². The molecule has 0 aliphatic heterocycles. The van der Waals surface area contributed by atoms with Crippen LogP contribution in [0.5, 0.6) is 5.75 Å². The zero-order valence-electron chi connectivity index (χ0n) is 7.22. The normalized spacial score (nSPS) is 12.9. The largest absolute Gasteiger partial charge is 0.503 e. The van der Waals surface area contributed by atoms with E-state index in [4.69, 9.17) is 10.8 Å². The van der Waals surface area contributed by atoms with Gasteiger partial charge in [-0.25, -0.2) is 8.78 Å². The van der Waals surface area contributed by atoms with E-state index >= 15 is 0 Å². The molecule has 0 spiro atoms. The Morgan fingerprint density at radius 2 is 1.85 bits per heavy atom. The van der Waals surface area contributed by atoms with Crippen molar-refractivity contribution < 1.29 is 13.9 Å². The average Bonchev–Trinajstić information content (AvgIpc) is 2.12. The van der Waals surface area contributed by atoms with Gasteiger partial charge in [0.1, 0.15) is 0 Å². The second-order valence-electron chi connectivity index (χ2n) is 2.85. The van der Waals surface area contributed by atoms with Crippen LogP contribution in [0.15, 0.2) is 12.1 Å². The molecule has 0 aliphatic carbocycles. The fourth-order valence-electron chi connectivity index (χ4n) is 1.03. The van der Waals surface area contributed by atoms with Crippen molar-refractivity contribution in [1.82, 2.24) is 0 Å². The molecule has 0 heterocycles. The molecule has 0 aliphatic rings. The lowest BCUT2D eigenvalue weighted by atomic mass is 10.1. The molecule has 0 radical (unpaired) electrons. The summed E-state index contributed by atoms with van der Waals surface area (Å²) in [5.41, 5.74) is 5.92. The van der Waals surface area contributed by atoms with Gasteiger partial charge in [-0.1, -0.05) is 6.92 Å². The molecule has 0 aromatic heterocycles. The third-order valence-corrected chi connectivity index (χ3v) is 1.91. The van der Waals surface area contributed by atoms with Crippen LogP contribution in [-0.4, -0.2) is 5.11 Å². The molecule has 1 aromatic carbocycles. The summed E-state index contributed by atoms with van der Waals surface area (Å²) >= 11 is 0. The van der Waals surface area contributed by atoms with Crippen molar-refractivity contribution in [2.45, 2.75) is 19.4 Å². The summed E-state index contributed by atoms with van der Waals surface area (Å²) in [6.45, 7) is 1.81. The van der Waals surface area contributed by atoms with Gasteiger partial charge in [-0.05, 0) is 24.1 Å². The monoisotopic (exact) mass is 187 g/mol. The maximum absolute atomic E-state index is 12.8. The van der Waals surface area contributed by atoms with E-state index in [0.29, 0.717) is 12.0 Å². The van der Waals surface area contributed by atoms with Gasteiger partial charge in [-0.15, -0.1) is 0 Å². The Bertz CT molecular complexity index is 291. The van der Waals surface area contributed by atoms with Crippen molar-refractivity contribution in [2.24, 2.45) is 5.73 Å². The van der Waals surface area contributed by atoms with E-state index in [-0.39, 0.29) is 0 Å². The number of benzene rings is 1. The molecule has 0 saturated carbocycles. The number of phenolic OH excluding ortho intramolecular Hbond substituents is 1. The Hall–Kier alpha value is -1.16. The van der Waals surface area contributed by atoms with Crippen LogP contribution in [0.1, 0.15) is 24.9 Å². The van der Waals surface area contributed by atoms with Crippen molar-refractivity contribution in [3.63, 3.8) is 0 Å². The van der Waals surface area contributed by atoms with Gasteiger partial charge in [0.25, 0.3) is 0 Å². The van der Waals surface area contributed by atoms with Gasteiger partial charge in [-0.2, -0.15) is 0 Å². The third-order valence-electron chi connectivity index (χ3n) is 1.91. The molecule has 13 heavy (non-hydrogen) atoms. The molecule has 0 fully saturated rings. The molecule has 0 bridgehead atoms. The van der Waals surface area contributed by atoms with Gasteiger partial charge < -0.3 is 10.8 Å². The van der Waals surface area contributed by atoms with Crippen LogP contribution >= 0.6 is 0 Å². The lowest BCUT2D eigenvalue weighted by molar-refractivity contribution is 0.394. The molecule has 1 rings (SSSR count). The van der Waals surface area contributed by atoms with Gasteiger partial charge in [0, 0.05) is 6.04 Å². The van der Waals surface area contributed by atoms with Crippen LogP contribution in [-0.2, 0) is 0 Å². The smallest absolute Gasteiger partial charge is 0.187 e.